The van der Waals surface area contributed by atoms with Crippen molar-refractivity contribution in [3.05, 3.63) is 199 Å². The van der Waals surface area contributed by atoms with Gasteiger partial charge in [0.1, 0.15) is 95.9 Å². The first kappa shape index (κ1) is 107. The number of ether oxygens (including phenoxy) is 7. The Kier molecular flexibility index (Phi) is 32.9. The number of carbonyl (C=O) groups excluding carboxylic acids is 5. The predicted molar refractivity (Wildman–Crippen MR) is 508 cm³/mol. The SMILES string of the molecule is C[C@@H](N)c1cc(F)cc2c1O[C@@](C)(CNC(=O)OC(C)(C)C)C2.C[C@@H](N[S@](=O)C(C)(C)C)c1cc(F)cc2c1O[C@@](C)(CN)C2.C[C@@H](N[S@](=O)C(C)(C)C)c1cc(F)cc2c1O[C@@](C)(CN1C(=O)c3ccccc3C1=O)C2.C[C@@H](N[S@](=O)C(C)(C)C)c1cc(F)cc2c1O[C@@](C)(CNC(=O)OC(C)(C)C)C2.Cc1ccc(S(=O)(=O)Oc2ccn3nc(N)c(C(=O)OC(C)(C)C)c3n2)cc1. The van der Waals surface area contributed by atoms with E-state index in [-0.39, 0.29) is 94.8 Å². The average Bonchev–Trinajstić information content (AvgIpc) is 1.59. The van der Waals surface area contributed by atoms with E-state index in [9.17, 15) is 62.6 Å². The van der Waals surface area contributed by atoms with Gasteiger partial charge in [-0.3, -0.25) is 14.5 Å². The van der Waals surface area contributed by atoms with Crippen molar-refractivity contribution in [3.63, 3.8) is 0 Å². The number of hydrogen-bond acceptors (Lipinski definition) is 23. The summed E-state index contributed by atoms with van der Waals surface area (Å²) in [6.45, 7) is 50.2. The van der Waals surface area contributed by atoms with Crippen LogP contribution in [0.25, 0.3) is 5.65 Å². The van der Waals surface area contributed by atoms with E-state index in [2.05, 4.69) is 34.9 Å². The molecule has 0 bridgehead atoms. The highest BCUT2D eigenvalue weighted by molar-refractivity contribution is 7.87. The van der Waals surface area contributed by atoms with Gasteiger partial charge in [-0.2, -0.15) is 13.4 Å². The van der Waals surface area contributed by atoms with Crippen molar-refractivity contribution in [1.29, 1.82) is 0 Å². The zero-order chi connectivity index (χ0) is 100. The smallest absolute Gasteiger partial charge is 0.407 e. The largest absolute Gasteiger partial charge is 0.485 e. The summed E-state index contributed by atoms with van der Waals surface area (Å²) < 4.78 is 173. The number of hydrogen-bond donors (Lipinski definition) is 8. The fourth-order valence-electron chi connectivity index (χ4n) is 14.6. The fraction of sp³-hybridized carbons (Fsp3) is 0.510. The molecule has 30 nitrogen and oxygen atoms in total. The lowest BCUT2D eigenvalue weighted by molar-refractivity contribution is 0.00715. The molecule has 38 heteroatoms. The number of alkyl carbamates (subject to hydrolysis) is 2. The van der Waals surface area contributed by atoms with Crippen molar-refractivity contribution in [2.24, 2.45) is 11.5 Å². The minimum Gasteiger partial charge on any atom is -0.485 e. The first-order valence-electron chi connectivity index (χ1n) is 43.8. The van der Waals surface area contributed by atoms with Gasteiger partial charge >= 0.3 is 28.3 Å². The third kappa shape index (κ3) is 28.0. The number of fused-ring (bicyclic) bond motifs is 6. The quantitative estimate of drug-likeness (QED) is 0.0109. The molecule has 2 aromatic heterocycles. The molecule has 734 valence electrons. The molecule has 8 aromatic rings. The average molecular weight is 1940 g/mol. The number of carbonyl (C=O) groups is 5. The van der Waals surface area contributed by atoms with Crippen LogP contribution in [0.5, 0.6) is 28.9 Å². The summed E-state index contributed by atoms with van der Waals surface area (Å²) in [7, 11) is -8.00. The topological polar surface area (TPSA) is 416 Å². The molecule has 13 rings (SSSR count). The lowest BCUT2D eigenvalue weighted by Crippen LogP contribution is -2.46. The lowest BCUT2D eigenvalue weighted by Gasteiger charge is -2.29. The number of nitrogens with two attached hydrogens (primary N) is 3. The van der Waals surface area contributed by atoms with E-state index in [4.69, 9.17) is 54.5 Å². The van der Waals surface area contributed by atoms with Crippen molar-refractivity contribution in [2.45, 2.75) is 295 Å². The second-order valence-corrected chi connectivity index (χ2v) is 48.6. The maximum Gasteiger partial charge on any atom is 0.407 e. The van der Waals surface area contributed by atoms with Gasteiger partial charge in [-0.1, -0.05) is 29.8 Å². The second-order valence-electron chi connectivity index (χ2n) is 41.1. The molecule has 0 radical (unpaired) electrons. The maximum absolute atomic E-state index is 14.4. The molecule has 0 saturated carbocycles. The van der Waals surface area contributed by atoms with Gasteiger partial charge in [0.05, 0.1) is 78.0 Å². The van der Waals surface area contributed by atoms with Gasteiger partial charge in [-0.25, -0.2) is 63.3 Å². The maximum atomic E-state index is 14.4. The molecule has 6 aromatic carbocycles. The highest BCUT2D eigenvalue weighted by Crippen LogP contribution is 2.47. The minimum atomic E-state index is -4.09. The Morgan fingerprint density at radius 2 is 0.858 bits per heavy atom. The highest BCUT2D eigenvalue weighted by atomic mass is 32.2. The van der Waals surface area contributed by atoms with Crippen LogP contribution in [0.4, 0.5) is 33.0 Å². The molecule has 0 fully saturated rings. The summed E-state index contributed by atoms with van der Waals surface area (Å²) >= 11 is 0. The van der Waals surface area contributed by atoms with Crippen molar-refractivity contribution in [1.82, 2.24) is 44.3 Å². The van der Waals surface area contributed by atoms with E-state index in [0.717, 1.165) is 22.3 Å². The summed E-state index contributed by atoms with van der Waals surface area (Å²) in [4.78, 5) is 67.1. The zero-order valence-electron chi connectivity index (χ0n) is 81.4. The van der Waals surface area contributed by atoms with Crippen LogP contribution < -0.4 is 65.1 Å². The van der Waals surface area contributed by atoms with E-state index >= 15 is 0 Å². The van der Waals surface area contributed by atoms with Crippen LogP contribution >= 0.6 is 0 Å². The van der Waals surface area contributed by atoms with Crippen LogP contribution in [0.1, 0.15) is 285 Å². The van der Waals surface area contributed by atoms with Crippen LogP contribution in [0.2, 0.25) is 0 Å². The summed E-state index contributed by atoms with van der Waals surface area (Å²) in [5.41, 5.74) is 19.9. The number of amides is 4. The minimum absolute atomic E-state index is 0.0137. The Hall–Kier alpha value is -10.2. The normalized spacial score (nSPS) is 19.9. The number of nitrogens with zero attached hydrogens (tertiary/aromatic N) is 4. The Morgan fingerprint density at radius 3 is 1.22 bits per heavy atom. The molecule has 0 unspecified atom stereocenters. The third-order valence-electron chi connectivity index (χ3n) is 21.1. The summed E-state index contributed by atoms with van der Waals surface area (Å²) in [5, 5.41) is 9.43. The number of nitrogens with one attached hydrogen (secondary N) is 5. The Morgan fingerprint density at radius 1 is 0.515 bits per heavy atom. The third-order valence-corrected chi connectivity index (χ3v) is 27.4. The Bertz CT molecular complexity index is 5890. The molecule has 7 heterocycles. The first-order chi connectivity index (χ1) is 61.5. The number of esters is 1. The molecule has 11 N–H and O–H groups in total. The lowest BCUT2D eigenvalue weighted by atomic mass is 9.96. The van der Waals surface area contributed by atoms with Crippen molar-refractivity contribution in [3.8, 4) is 28.9 Å². The molecule has 0 saturated heterocycles. The monoisotopic (exact) mass is 1940 g/mol. The summed E-state index contributed by atoms with van der Waals surface area (Å²) in [5.74, 6) is -0.787. The van der Waals surface area contributed by atoms with Crippen LogP contribution in [-0.4, -0.2) is 150 Å². The Labute approximate surface area is 790 Å². The van der Waals surface area contributed by atoms with Crippen molar-refractivity contribution >= 4 is 84.5 Å². The van der Waals surface area contributed by atoms with E-state index in [1.807, 2.05) is 118 Å². The molecule has 0 aliphatic carbocycles. The van der Waals surface area contributed by atoms with Gasteiger partial charge in [0, 0.05) is 113 Å². The zero-order valence-corrected chi connectivity index (χ0v) is 84.6. The molecular weight excluding hydrogens is 1810 g/mol. The number of imide groups is 1. The van der Waals surface area contributed by atoms with Gasteiger partial charge in [0.15, 0.2) is 11.5 Å². The number of halogens is 4. The van der Waals surface area contributed by atoms with E-state index in [0.29, 0.717) is 94.2 Å². The highest BCUT2D eigenvalue weighted by Gasteiger charge is 2.47. The number of nitrogen functional groups attached to an aromatic ring is 1. The molecule has 134 heavy (non-hydrogen) atoms. The van der Waals surface area contributed by atoms with Gasteiger partial charge in [0.25, 0.3) is 11.8 Å². The van der Waals surface area contributed by atoms with Crippen molar-refractivity contribution < 1.29 is 99.9 Å². The first-order valence-corrected chi connectivity index (χ1v) is 48.7. The molecule has 5 aliphatic rings. The van der Waals surface area contributed by atoms with Crippen molar-refractivity contribution in [2.75, 3.05) is 31.9 Å². The summed E-state index contributed by atoms with van der Waals surface area (Å²) in [6.07, 6.45) is 2.23. The van der Waals surface area contributed by atoms with Crippen LogP contribution in [0.3, 0.4) is 0 Å². The van der Waals surface area contributed by atoms with E-state index in [1.165, 1.54) is 82.3 Å². The number of anilines is 1. The molecule has 11 atom stereocenters. The van der Waals surface area contributed by atoms with Crippen LogP contribution in [0, 0.1) is 30.2 Å². The second kappa shape index (κ2) is 41.0. The van der Waals surface area contributed by atoms with Gasteiger partial charge in [-0.05, 0) is 260 Å². The number of rotatable bonds is 21. The van der Waals surface area contributed by atoms with Gasteiger partial charge in [-0.15, -0.1) is 5.10 Å². The van der Waals surface area contributed by atoms with Gasteiger partial charge in [0.2, 0.25) is 5.88 Å². The molecular formula is C96H130F4N12O18S4. The predicted octanol–water partition coefficient (Wildman–Crippen LogP) is 16.1. The van der Waals surface area contributed by atoms with Gasteiger partial charge < -0.3 is 65.2 Å². The number of aromatic nitrogens is 3. The number of benzene rings is 6. The van der Waals surface area contributed by atoms with Crippen LogP contribution in [0.15, 0.2) is 114 Å². The van der Waals surface area contributed by atoms with E-state index in [1.54, 1.807) is 106 Å². The molecule has 4 amide bonds. The Balaban J connectivity index is 0.000000189. The number of aryl methyl sites for hydroxylation is 1. The molecule has 5 aliphatic heterocycles. The fourth-order valence-corrected chi connectivity index (χ4v) is 17.9. The van der Waals surface area contributed by atoms with Crippen LogP contribution in [-0.2, 0) is 83.0 Å². The van der Waals surface area contributed by atoms with E-state index < -0.39 is 127 Å². The molecule has 0 spiro atoms. The summed E-state index contributed by atoms with van der Waals surface area (Å²) in [6, 6.07) is 24.2. The standard InChI is InChI=1S/C24H27FN2O4S.C21H33FN2O4S.C18H20N4O5S.C17H25FN2O3.C16H25FN2O2S/c1-14(26-32(30)23(2,3)4)19-11-16(25)10-15-12-24(5,31-20(15)19)13-27-21(28)17-8-6-7-9-18(17)22(27)29;1-13(24-29(26)20(5,6)7)16-10-15(22)9-14-11-21(8,27-17(14)16)12-23-18(25)28-19(2,3)4;1-11-5-7-12(8-6-11)28(24,25)27-13-9-10-22-16(20-13)14(15(19)21-22)17(23)26-18(2,3)4;1-10(19)13-7-12(18)6-11-8-17(5,22-14(11)13)9-20-15(21)23-16(2,3)4;1-10(19-22(20)15(2,3)4)13-7-12(17)6-11-8-16(5,9-18)21-14(11)13/h6-11,14,26H,12-13H2,1-5H3;9-10,13,24H,11-12H2,1-8H3,(H,23,25);5-10H,1-4H3,(H2,19,21);6-7,10H,8-9,19H2,1-5H3,(H,20,21);6-7,10,19H,8-9,18H2,1-5H3/t14-,24-,32-;13-,21-,29-;;10-,17-;10-,16-,22-/m11.11/s1.